The van der Waals surface area contributed by atoms with E-state index in [1.54, 1.807) is 19.3 Å². The van der Waals surface area contributed by atoms with Crippen LogP contribution in [0.15, 0.2) is 67.0 Å². The molecule has 0 aliphatic rings. The fourth-order valence-corrected chi connectivity index (χ4v) is 3.15. The van der Waals surface area contributed by atoms with Crippen molar-refractivity contribution in [3.63, 3.8) is 0 Å². The molecule has 4 aromatic rings. The summed E-state index contributed by atoms with van der Waals surface area (Å²) in [6.45, 7) is 1.57. The number of fused-ring (bicyclic) bond motifs is 1. The molecule has 5 heteroatoms. The highest BCUT2D eigenvalue weighted by Crippen LogP contribution is 2.30. The minimum absolute atomic E-state index is 0.0660. The molecule has 0 spiro atoms. The molecular weight excluding hydrogens is 348 g/mol. The van der Waals surface area contributed by atoms with Gasteiger partial charge in [0.2, 0.25) is 0 Å². The zero-order valence-corrected chi connectivity index (χ0v) is 16.0. The lowest BCUT2D eigenvalue weighted by molar-refractivity contribution is 0.101. The summed E-state index contributed by atoms with van der Waals surface area (Å²) >= 11 is 0. The normalized spacial score (nSPS) is 10.8. The lowest BCUT2D eigenvalue weighted by Crippen LogP contribution is -2.12. The van der Waals surface area contributed by atoms with Gasteiger partial charge in [-0.25, -0.2) is 9.97 Å². The second-order valence-electron chi connectivity index (χ2n) is 6.87. The molecule has 0 saturated heterocycles. The Morgan fingerprint density at radius 3 is 2.29 bits per heavy atom. The van der Waals surface area contributed by atoms with E-state index in [1.807, 2.05) is 67.5 Å². The van der Waals surface area contributed by atoms with Gasteiger partial charge >= 0.3 is 0 Å². The fraction of sp³-hybridized carbons (Fsp3) is 0.130. The second kappa shape index (κ2) is 7.19. The van der Waals surface area contributed by atoms with Crippen LogP contribution in [0, 0.1) is 0 Å². The molecule has 2 aromatic heterocycles. The van der Waals surface area contributed by atoms with Gasteiger partial charge in [0.25, 0.3) is 0 Å². The first-order valence-electron chi connectivity index (χ1n) is 9.04. The van der Waals surface area contributed by atoms with Crippen molar-refractivity contribution in [3.05, 3.63) is 72.6 Å². The first-order valence-corrected chi connectivity index (χ1v) is 9.04. The van der Waals surface area contributed by atoms with Gasteiger partial charge in [0.05, 0.1) is 5.52 Å². The number of hydrogen-bond acceptors (Lipinski definition) is 5. The van der Waals surface area contributed by atoms with E-state index in [2.05, 4.69) is 11.1 Å². The van der Waals surface area contributed by atoms with E-state index in [-0.39, 0.29) is 5.78 Å². The lowest BCUT2D eigenvalue weighted by atomic mass is 10.0. The number of hydrogen-bond donors (Lipinski definition) is 0. The SMILES string of the molecule is CC(=O)c1ccc(-c2ccc3nc(-c4cccnc4)nc(N(C)C)c3c2)cc1. The van der Waals surface area contributed by atoms with E-state index < -0.39 is 0 Å². The van der Waals surface area contributed by atoms with Crippen molar-refractivity contribution in [2.24, 2.45) is 0 Å². The topological polar surface area (TPSA) is 59.0 Å². The van der Waals surface area contributed by atoms with Gasteiger partial charge in [-0.15, -0.1) is 0 Å². The number of benzene rings is 2. The van der Waals surface area contributed by atoms with Gasteiger partial charge in [-0.1, -0.05) is 30.3 Å². The molecule has 2 aromatic carbocycles. The van der Waals surface area contributed by atoms with Crippen molar-refractivity contribution < 1.29 is 4.79 Å². The molecule has 0 aliphatic heterocycles. The number of ketones is 1. The summed E-state index contributed by atoms with van der Waals surface area (Å²) < 4.78 is 0. The number of anilines is 1. The van der Waals surface area contributed by atoms with Crippen LogP contribution in [0.1, 0.15) is 17.3 Å². The molecule has 0 radical (unpaired) electrons. The van der Waals surface area contributed by atoms with Crippen LogP contribution in [0.5, 0.6) is 0 Å². The molecule has 138 valence electrons. The van der Waals surface area contributed by atoms with Crippen LogP contribution in [-0.2, 0) is 0 Å². The number of nitrogens with zero attached hydrogens (tertiary/aromatic N) is 4. The zero-order chi connectivity index (χ0) is 19.7. The van der Waals surface area contributed by atoms with Crippen molar-refractivity contribution in [1.29, 1.82) is 0 Å². The van der Waals surface area contributed by atoms with E-state index in [0.717, 1.165) is 33.4 Å². The van der Waals surface area contributed by atoms with Crippen LogP contribution in [0.2, 0.25) is 0 Å². The minimum Gasteiger partial charge on any atom is -0.362 e. The van der Waals surface area contributed by atoms with Crippen LogP contribution in [-0.4, -0.2) is 34.8 Å². The predicted molar refractivity (Wildman–Crippen MR) is 113 cm³/mol. The van der Waals surface area contributed by atoms with Crippen molar-refractivity contribution in [2.75, 3.05) is 19.0 Å². The van der Waals surface area contributed by atoms with E-state index in [9.17, 15) is 4.79 Å². The fourth-order valence-electron chi connectivity index (χ4n) is 3.15. The summed E-state index contributed by atoms with van der Waals surface area (Å²) in [7, 11) is 3.95. The quantitative estimate of drug-likeness (QED) is 0.492. The Hall–Kier alpha value is -3.60. The van der Waals surface area contributed by atoms with Crippen LogP contribution in [0.4, 0.5) is 5.82 Å². The Morgan fingerprint density at radius 2 is 1.64 bits per heavy atom. The Labute approximate surface area is 163 Å². The average Bonchev–Trinajstić information content (AvgIpc) is 2.73. The monoisotopic (exact) mass is 368 g/mol. The summed E-state index contributed by atoms with van der Waals surface area (Å²) in [5, 5.41) is 0.978. The van der Waals surface area contributed by atoms with Crippen LogP contribution in [0.25, 0.3) is 33.4 Å². The molecule has 4 rings (SSSR count). The number of Topliss-reactive ketones (excluding diaryl/α,β-unsaturated/α-hetero) is 1. The average molecular weight is 368 g/mol. The van der Waals surface area contributed by atoms with Gasteiger partial charge in [0, 0.05) is 43.0 Å². The van der Waals surface area contributed by atoms with Crippen molar-refractivity contribution in [3.8, 4) is 22.5 Å². The van der Waals surface area contributed by atoms with Gasteiger partial charge in [0.15, 0.2) is 11.6 Å². The molecule has 0 atom stereocenters. The Kier molecular flexibility index (Phi) is 4.57. The maximum Gasteiger partial charge on any atom is 0.163 e. The molecule has 0 bridgehead atoms. The van der Waals surface area contributed by atoms with Crippen LogP contribution >= 0.6 is 0 Å². The largest absolute Gasteiger partial charge is 0.362 e. The third-order valence-corrected chi connectivity index (χ3v) is 4.64. The Morgan fingerprint density at radius 1 is 0.893 bits per heavy atom. The Balaban J connectivity index is 1.85. The highest BCUT2D eigenvalue weighted by Gasteiger charge is 2.12. The van der Waals surface area contributed by atoms with Crippen molar-refractivity contribution >= 4 is 22.5 Å². The van der Waals surface area contributed by atoms with Crippen LogP contribution in [0.3, 0.4) is 0 Å². The van der Waals surface area contributed by atoms with E-state index >= 15 is 0 Å². The van der Waals surface area contributed by atoms with Gasteiger partial charge in [-0.2, -0.15) is 0 Å². The van der Waals surface area contributed by atoms with E-state index in [0.29, 0.717) is 11.4 Å². The molecular formula is C23H20N4O. The molecule has 0 aliphatic carbocycles. The molecule has 0 saturated carbocycles. The first kappa shape index (κ1) is 17.8. The van der Waals surface area contributed by atoms with Gasteiger partial charge in [-0.05, 0) is 42.3 Å². The summed E-state index contributed by atoms with van der Waals surface area (Å²) in [4.78, 5) is 27.2. The van der Waals surface area contributed by atoms with E-state index in [1.165, 1.54) is 0 Å². The number of rotatable bonds is 4. The summed E-state index contributed by atoms with van der Waals surface area (Å²) in [5.74, 6) is 1.57. The highest BCUT2D eigenvalue weighted by molar-refractivity contribution is 5.96. The summed E-state index contributed by atoms with van der Waals surface area (Å²) in [6, 6.07) is 17.7. The minimum atomic E-state index is 0.0660. The second-order valence-corrected chi connectivity index (χ2v) is 6.87. The standard InChI is InChI=1S/C23H20N4O/c1-15(28)16-6-8-17(9-7-16)18-10-11-21-20(13-18)23(27(2)3)26-22(25-21)19-5-4-12-24-14-19/h4-14H,1-3H3. The van der Waals surface area contributed by atoms with Crippen LogP contribution < -0.4 is 4.90 Å². The lowest BCUT2D eigenvalue weighted by Gasteiger charge is -2.16. The predicted octanol–water partition coefficient (Wildman–Crippen LogP) is 4.63. The summed E-state index contributed by atoms with van der Waals surface area (Å²) in [5.41, 5.74) is 4.58. The third kappa shape index (κ3) is 3.34. The molecule has 2 heterocycles. The molecule has 0 unspecified atom stereocenters. The van der Waals surface area contributed by atoms with Gasteiger partial charge in [0.1, 0.15) is 5.82 Å². The maximum atomic E-state index is 11.5. The Bertz CT molecular complexity index is 1150. The molecule has 0 N–H and O–H groups in total. The van der Waals surface area contributed by atoms with E-state index in [4.69, 9.17) is 9.97 Å². The maximum absolute atomic E-state index is 11.5. The zero-order valence-electron chi connectivity index (χ0n) is 16.0. The first-order chi connectivity index (χ1) is 13.5. The highest BCUT2D eigenvalue weighted by atomic mass is 16.1. The van der Waals surface area contributed by atoms with Crippen molar-refractivity contribution in [2.45, 2.75) is 6.92 Å². The number of pyridine rings is 1. The van der Waals surface area contributed by atoms with Gasteiger partial charge < -0.3 is 4.90 Å². The molecule has 5 nitrogen and oxygen atoms in total. The smallest absolute Gasteiger partial charge is 0.163 e. The van der Waals surface area contributed by atoms with Gasteiger partial charge in [-0.3, -0.25) is 9.78 Å². The number of aromatic nitrogens is 3. The summed E-state index contributed by atoms with van der Waals surface area (Å²) in [6.07, 6.45) is 3.51. The molecule has 0 fully saturated rings. The molecule has 28 heavy (non-hydrogen) atoms. The number of carbonyl (C=O) groups excluding carboxylic acids is 1. The van der Waals surface area contributed by atoms with Crippen molar-refractivity contribution in [1.82, 2.24) is 15.0 Å². The molecule has 0 amide bonds. The third-order valence-electron chi connectivity index (χ3n) is 4.64. The number of carbonyl (C=O) groups is 1.